The summed E-state index contributed by atoms with van der Waals surface area (Å²) in [6.45, 7) is 6.54. The van der Waals surface area contributed by atoms with Gasteiger partial charge in [0.15, 0.2) is 6.61 Å². The second kappa shape index (κ2) is 11.2. The fourth-order valence-electron chi connectivity index (χ4n) is 3.51. The highest BCUT2D eigenvalue weighted by Gasteiger charge is 2.16. The van der Waals surface area contributed by atoms with Gasteiger partial charge in [-0.2, -0.15) is 0 Å². The van der Waals surface area contributed by atoms with E-state index in [0.29, 0.717) is 6.54 Å². The van der Waals surface area contributed by atoms with E-state index < -0.39 is 0 Å². The summed E-state index contributed by atoms with van der Waals surface area (Å²) in [4.78, 5) is 14.9. The number of para-hydroxylation sites is 1. The fourth-order valence-corrected chi connectivity index (χ4v) is 3.51. The number of aryl methyl sites for hydroxylation is 1. The molecule has 0 spiro atoms. The van der Waals surface area contributed by atoms with Crippen molar-refractivity contribution in [1.82, 2.24) is 9.47 Å². The molecule has 158 valence electrons. The van der Waals surface area contributed by atoms with Crippen molar-refractivity contribution in [2.75, 3.05) is 13.2 Å². The van der Waals surface area contributed by atoms with Crippen LogP contribution in [0.15, 0.2) is 72.9 Å². The normalized spacial score (nSPS) is 10.7. The van der Waals surface area contributed by atoms with Crippen molar-refractivity contribution in [2.24, 2.45) is 0 Å². The average molecular weight is 405 g/mol. The lowest BCUT2D eigenvalue weighted by Gasteiger charge is -2.24. The van der Waals surface area contributed by atoms with E-state index in [9.17, 15) is 4.79 Å². The van der Waals surface area contributed by atoms with Gasteiger partial charge in [-0.25, -0.2) is 0 Å². The van der Waals surface area contributed by atoms with Crippen molar-refractivity contribution < 1.29 is 9.53 Å². The molecule has 0 aliphatic carbocycles. The Morgan fingerprint density at radius 3 is 2.50 bits per heavy atom. The number of carbonyl (C=O) groups excluding carboxylic acids is 1. The summed E-state index contributed by atoms with van der Waals surface area (Å²) in [5, 5.41) is 0. The highest BCUT2D eigenvalue weighted by Crippen LogP contribution is 2.15. The molecule has 0 aliphatic rings. The second-order valence-electron chi connectivity index (χ2n) is 7.68. The Bertz CT molecular complexity index is 918. The number of nitrogens with zero attached hydrogens (tertiary/aromatic N) is 2. The summed E-state index contributed by atoms with van der Waals surface area (Å²) in [5.74, 6) is 0.751. The van der Waals surface area contributed by atoms with E-state index in [-0.39, 0.29) is 12.5 Å². The Morgan fingerprint density at radius 2 is 1.73 bits per heavy atom. The Kier molecular flexibility index (Phi) is 8.13. The molecule has 0 aliphatic heterocycles. The van der Waals surface area contributed by atoms with Crippen LogP contribution >= 0.6 is 0 Å². The van der Waals surface area contributed by atoms with Gasteiger partial charge in [-0.1, -0.05) is 62.2 Å². The van der Waals surface area contributed by atoms with Gasteiger partial charge in [0.2, 0.25) is 0 Å². The number of hydrogen-bond donors (Lipinski definition) is 0. The maximum absolute atomic E-state index is 13.0. The summed E-state index contributed by atoms with van der Waals surface area (Å²) < 4.78 is 7.95. The van der Waals surface area contributed by atoms with Crippen molar-refractivity contribution in [3.63, 3.8) is 0 Å². The van der Waals surface area contributed by atoms with Gasteiger partial charge in [0, 0.05) is 25.0 Å². The van der Waals surface area contributed by atoms with Gasteiger partial charge in [-0.15, -0.1) is 0 Å². The van der Waals surface area contributed by atoms with Crippen molar-refractivity contribution in [1.29, 1.82) is 0 Å². The Balaban J connectivity index is 1.68. The minimum absolute atomic E-state index is 0.0265. The van der Waals surface area contributed by atoms with E-state index in [1.807, 2.05) is 35.2 Å². The van der Waals surface area contributed by atoms with Crippen LogP contribution in [0.4, 0.5) is 0 Å². The number of rotatable bonds is 11. The summed E-state index contributed by atoms with van der Waals surface area (Å²) >= 11 is 0. The van der Waals surface area contributed by atoms with Crippen LogP contribution in [-0.4, -0.2) is 28.5 Å². The Hall–Kier alpha value is -3.01. The van der Waals surface area contributed by atoms with Crippen molar-refractivity contribution in [3.8, 4) is 5.75 Å². The van der Waals surface area contributed by atoms with Crippen LogP contribution in [0.2, 0.25) is 0 Å². The van der Waals surface area contributed by atoms with Crippen molar-refractivity contribution >= 4 is 5.91 Å². The molecule has 0 saturated heterocycles. The third-order valence-corrected chi connectivity index (χ3v) is 5.37. The van der Waals surface area contributed by atoms with Crippen LogP contribution < -0.4 is 4.74 Å². The molecule has 0 radical (unpaired) electrons. The summed E-state index contributed by atoms with van der Waals surface area (Å²) in [5.41, 5.74) is 3.72. The summed E-state index contributed by atoms with van der Waals surface area (Å²) in [7, 11) is 0. The van der Waals surface area contributed by atoms with Gasteiger partial charge in [-0.3, -0.25) is 4.79 Å². The van der Waals surface area contributed by atoms with Gasteiger partial charge in [0.1, 0.15) is 5.75 Å². The molecule has 0 N–H and O–H groups in total. The Morgan fingerprint density at radius 1 is 0.967 bits per heavy atom. The number of carbonyl (C=O) groups is 1. The lowest BCUT2D eigenvalue weighted by Crippen LogP contribution is -2.36. The van der Waals surface area contributed by atoms with Crippen LogP contribution in [0.3, 0.4) is 0 Å². The molecule has 3 rings (SSSR count). The third-order valence-electron chi connectivity index (χ3n) is 5.37. The van der Waals surface area contributed by atoms with Crippen LogP contribution in [0.1, 0.15) is 43.0 Å². The lowest BCUT2D eigenvalue weighted by molar-refractivity contribution is -0.134. The van der Waals surface area contributed by atoms with Gasteiger partial charge < -0.3 is 14.2 Å². The van der Waals surface area contributed by atoms with Gasteiger partial charge >= 0.3 is 0 Å². The van der Waals surface area contributed by atoms with Gasteiger partial charge in [-0.05, 0) is 48.7 Å². The van der Waals surface area contributed by atoms with Crippen molar-refractivity contribution in [2.45, 2.75) is 46.2 Å². The number of aromatic nitrogens is 1. The molecule has 0 atom stereocenters. The summed E-state index contributed by atoms with van der Waals surface area (Å²) in [6, 6.07) is 22.1. The van der Waals surface area contributed by atoms with E-state index in [2.05, 4.69) is 61.0 Å². The van der Waals surface area contributed by atoms with E-state index in [1.165, 1.54) is 11.1 Å². The number of ether oxygens (including phenoxy) is 1. The molecular weight excluding hydrogens is 372 g/mol. The number of unbranched alkanes of at least 4 members (excludes halogenated alkanes) is 2. The van der Waals surface area contributed by atoms with Crippen LogP contribution in [0.25, 0.3) is 0 Å². The maximum Gasteiger partial charge on any atom is 0.260 e. The molecule has 0 bridgehead atoms. The minimum Gasteiger partial charge on any atom is -0.484 e. The molecule has 1 aromatic heterocycles. The monoisotopic (exact) mass is 404 g/mol. The van der Waals surface area contributed by atoms with Gasteiger partial charge in [0.05, 0.1) is 6.54 Å². The predicted octanol–water partition coefficient (Wildman–Crippen LogP) is 5.44. The molecule has 4 nitrogen and oxygen atoms in total. The first kappa shape index (κ1) is 21.7. The SMILES string of the molecule is CCCCCN(Cc1cccn1Cc1ccccc1C)C(=O)COc1ccccc1. The molecular formula is C26H32N2O2. The van der Waals surface area contributed by atoms with Gasteiger partial charge in [0.25, 0.3) is 5.91 Å². The number of hydrogen-bond acceptors (Lipinski definition) is 2. The average Bonchev–Trinajstić information content (AvgIpc) is 3.20. The van der Waals surface area contributed by atoms with E-state index in [1.54, 1.807) is 0 Å². The van der Waals surface area contributed by atoms with E-state index >= 15 is 0 Å². The lowest BCUT2D eigenvalue weighted by atomic mass is 10.1. The molecule has 1 heterocycles. The molecule has 0 saturated carbocycles. The first-order chi connectivity index (χ1) is 14.7. The predicted molar refractivity (Wildman–Crippen MR) is 122 cm³/mol. The van der Waals surface area contributed by atoms with Crippen LogP contribution in [0, 0.1) is 6.92 Å². The second-order valence-corrected chi connectivity index (χ2v) is 7.68. The third kappa shape index (κ3) is 6.24. The molecule has 0 fully saturated rings. The van der Waals surface area contributed by atoms with E-state index in [0.717, 1.165) is 43.8 Å². The highest BCUT2D eigenvalue weighted by molar-refractivity contribution is 5.77. The van der Waals surface area contributed by atoms with Crippen molar-refractivity contribution in [3.05, 3.63) is 89.7 Å². The molecule has 3 aromatic rings. The first-order valence-corrected chi connectivity index (χ1v) is 10.8. The summed E-state index contributed by atoms with van der Waals surface area (Å²) in [6.07, 6.45) is 5.35. The minimum atomic E-state index is 0.0265. The largest absolute Gasteiger partial charge is 0.484 e. The zero-order chi connectivity index (χ0) is 21.2. The molecule has 1 amide bonds. The molecule has 4 heteroatoms. The zero-order valence-corrected chi connectivity index (χ0v) is 18.1. The smallest absolute Gasteiger partial charge is 0.260 e. The molecule has 0 unspecified atom stereocenters. The topological polar surface area (TPSA) is 34.5 Å². The van der Waals surface area contributed by atoms with Crippen LogP contribution in [0.5, 0.6) is 5.75 Å². The molecule has 2 aromatic carbocycles. The first-order valence-electron chi connectivity index (χ1n) is 10.8. The fraction of sp³-hybridized carbons (Fsp3) is 0.346. The highest BCUT2D eigenvalue weighted by atomic mass is 16.5. The standard InChI is InChI=1S/C26H32N2O2/c1-3-4-10-17-28(26(29)21-30-25-15-6-5-7-16-25)20-24-14-11-18-27(24)19-23-13-9-8-12-22(23)2/h5-9,11-16,18H,3-4,10,17,19-21H2,1-2H3. The number of benzene rings is 2. The quantitative estimate of drug-likeness (QED) is 0.399. The van der Waals surface area contributed by atoms with E-state index in [4.69, 9.17) is 4.74 Å². The van der Waals surface area contributed by atoms with Crippen LogP contribution in [-0.2, 0) is 17.9 Å². The Labute approximate surface area is 180 Å². The maximum atomic E-state index is 13.0. The zero-order valence-electron chi connectivity index (χ0n) is 18.1. The molecule has 30 heavy (non-hydrogen) atoms. The number of amides is 1.